The summed E-state index contributed by atoms with van der Waals surface area (Å²) in [5.41, 5.74) is 0. The van der Waals surface area contributed by atoms with Gasteiger partial charge in [-0.05, 0) is 12.8 Å². The third kappa shape index (κ3) is 28.9. The Morgan fingerprint density at radius 3 is 1.40 bits per heavy atom. The van der Waals surface area contributed by atoms with Crippen molar-refractivity contribution in [3.05, 3.63) is 0 Å². The largest absolute Gasteiger partial charge is 0.394 e. The predicted octanol–water partition coefficient (Wildman–Crippen LogP) is 6.51. The molecule has 0 bridgehead atoms. The molecule has 0 fully saturated rings. The molecule has 9 nitrogen and oxygen atoms in total. The summed E-state index contributed by atoms with van der Waals surface area (Å²) in [5, 5.41) is 54.0. The molecule has 0 aromatic carbocycles. The van der Waals surface area contributed by atoms with E-state index in [-0.39, 0.29) is 19.6 Å². The van der Waals surface area contributed by atoms with Crippen LogP contribution in [0.4, 0.5) is 4.79 Å². The van der Waals surface area contributed by atoms with Gasteiger partial charge in [-0.15, -0.1) is 0 Å². The Morgan fingerprint density at radius 1 is 0.578 bits per heavy atom. The van der Waals surface area contributed by atoms with Crippen LogP contribution < -0.4 is 10.6 Å². The fourth-order valence-corrected chi connectivity index (χ4v) is 5.56. The number of urea groups is 1. The molecule has 0 aliphatic carbocycles. The Bertz CT molecular complexity index is 628. The zero-order chi connectivity index (χ0) is 33.4. The first-order chi connectivity index (χ1) is 21.8. The normalized spacial score (nSPS) is 15.0. The zero-order valence-corrected chi connectivity index (χ0v) is 29.2. The highest BCUT2D eigenvalue weighted by atomic mass is 16.5. The molecule has 5 unspecified atom stereocenters. The highest BCUT2D eigenvalue weighted by Gasteiger charge is 2.25. The maximum absolute atomic E-state index is 12.4. The first-order valence-electron chi connectivity index (χ1n) is 18.8. The zero-order valence-electron chi connectivity index (χ0n) is 29.2. The molecule has 2 amide bonds. The van der Waals surface area contributed by atoms with Crippen LogP contribution in [0.3, 0.4) is 0 Å². The summed E-state index contributed by atoms with van der Waals surface area (Å²) < 4.78 is 5.37. The van der Waals surface area contributed by atoms with E-state index in [1.165, 1.54) is 122 Å². The van der Waals surface area contributed by atoms with Crippen molar-refractivity contribution in [2.24, 2.45) is 0 Å². The predicted molar refractivity (Wildman–Crippen MR) is 184 cm³/mol. The molecular formula is C36H74N2O7. The molecule has 9 heteroatoms. The number of nitrogens with one attached hydrogen (secondary N) is 2. The van der Waals surface area contributed by atoms with Crippen molar-refractivity contribution in [3.8, 4) is 0 Å². The number of aliphatic hydroxyl groups excluding tert-OH is 5. The fourth-order valence-electron chi connectivity index (χ4n) is 5.56. The highest BCUT2D eigenvalue weighted by molar-refractivity contribution is 5.74. The van der Waals surface area contributed by atoms with E-state index in [1.54, 1.807) is 6.92 Å². The average molecular weight is 647 g/mol. The van der Waals surface area contributed by atoms with Crippen LogP contribution in [-0.2, 0) is 4.74 Å². The third-order valence-corrected chi connectivity index (χ3v) is 8.80. The summed E-state index contributed by atoms with van der Waals surface area (Å²) >= 11 is 0. The van der Waals surface area contributed by atoms with Crippen molar-refractivity contribution < 1.29 is 35.1 Å². The second-order valence-corrected chi connectivity index (χ2v) is 13.2. The van der Waals surface area contributed by atoms with E-state index in [1.807, 2.05) is 0 Å². The van der Waals surface area contributed by atoms with Crippen LogP contribution in [0.25, 0.3) is 0 Å². The minimum absolute atomic E-state index is 0.0755. The van der Waals surface area contributed by atoms with Gasteiger partial charge >= 0.3 is 6.03 Å². The lowest BCUT2D eigenvalue weighted by Gasteiger charge is -2.26. The van der Waals surface area contributed by atoms with Crippen molar-refractivity contribution in [1.29, 1.82) is 0 Å². The fraction of sp³-hybridized carbons (Fsp3) is 0.972. The lowest BCUT2D eigenvalue weighted by atomic mass is 10.0. The summed E-state index contributed by atoms with van der Waals surface area (Å²) in [6.07, 6.45) is 25.6. The molecule has 0 aliphatic heterocycles. The lowest BCUT2D eigenvalue weighted by Crippen LogP contribution is -2.51. The Labute approximate surface area is 276 Å². The number of aliphatic hydroxyl groups is 5. The molecule has 0 saturated heterocycles. The number of rotatable bonds is 34. The van der Waals surface area contributed by atoms with Crippen molar-refractivity contribution in [2.75, 3.05) is 26.4 Å². The van der Waals surface area contributed by atoms with Crippen LogP contribution in [0.5, 0.6) is 0 Å². The second kappa shape index (κ2) is 33.0. The van der Waals surface area contributed by atoms with Crippen LogP contribution >= 0.6 is 0 Å². The van der Waals surface area contributed by atoms with Crippen LogP contribution in [-0.4, -0.2) is 88.4 Å². The Hall–Kier alpha value is -0.970. The maximum atomic E-state index is 12.4. The van der Waals surface area contributed by atoms with E-state index in [4.69, 9.17) is 9.84 Å². The molecular weight excluding hydrogens is 572 g/mol. The summed E-state index contributed by atoms with van der Waals surface area (Å²) in [5.74, 6) is 0. The molecule has 0 aromatic rings. The Morgan fingerprint density at radius 2 is 1.00 bits per heavy atom. The smallest absolute Gasteiger partial charge is 0.315 e. The van der Waals surface area contributed by atoms with Gasteiger partial charge in [0.15, 0.2) is 0 Å². The Balaban J connectivity index is 3.72. The van der Waals surface area contributed by atoms with Gasteiger partial charge in [0.2, 0.25) is 0 Å². The van der Waals surface area contributed by atoms with Gasteiger partial charge in [-0.1, -0.05) is 149 Å². The molecule has 0 heterocycles. The molecule has 5 atom stereocenters. The minimum atomic E-state index is -1.33. The van der Waals surface area contributed by atoms with Crippen LogP contribution in [0.15, 0.2) is 0 Å². The number of hydrogen-bond acceptors (Lipinski definition) is 7. The van der Waals surface area contributed by atoms with Crippen LogP contribution in [0, 0.1) is 0 Å². The molecule has 0 aliphatic rings. The van der Waals surface area contributed by atoms with E-state index in [0.717, 1.165) is 19.3 Å². The molecule has 270 valence electrons. The number of hydrogen-bond donors (Lipinski definition) is 7. The van der Waals surface area contributed by atoms with Crippen molar-refractivity contribution in [3.63, 3.8) is 0 Å². The molecule has 0 saturated carbocycles. The van der Waals surface area contributed by atoms with Crippen molar-refractivity contribution in [2.45, 2.75) is 198 Å². The average Bonchev–Trinajstić information content (AvgIpc) is 3.03. The first kappa shape index (κ1) is 44.0. The van der Waals surface area contributed by atoms with Gasteiger partial charge in [-0.25, -0.2) is 4.79 Å². The second-order valence-electron chi connectivity index (χ2n) is 13.2. The first-order valence-corrected chi connectivity index (χ1v) is 18.8. The summed E-state index contributed by atoms with van der Waals surface area (Å²) in [6, 6.07) is -1.22. The molecule has 0 aromatic heterocycles. The van der Waals surface area contributed by atoms with Crippen LogP contribution in [0.2, 0.25) is 0 Å². The van der Waals surface area contributed by atoms with Gasteiger partial charge in [0.25, 0.3) is 0 Å². The Kier molecular flexibility index (Phi) is 32.2. The number of unbranched alkanes of at least 4 members (excludes halogenated alkanes) is 21. The molecule has 7 N–H and O–H groups in total. The van der Waals surface area contributed by atoms with Crippen molar-refractivity contribution >= 4 is 6.03 Å². The topological polar surface area (TPSA) is 152 Å². The van der Waals surface area contributed by atoms with E-state index in [0.29, 0.717) is 13.0 Å². The number of carbonyl (C=O) groups is 1. The van der Waals surface area contributed by atoms with Gasteiger partial charge in [0.05, 0.1) is 38.1 Å². The number of carbonyl (C=O) groups excluding carboxylic acids is 1. The summed E-state index contributed by atoms with van der Waals surface area (Å²) in [4.78, 5) is 12.4. The van der Waals surface area contributed by atoms with E-state index >= 15 is 0 Å². The van der Waals surface area contributed by atoms with Gasteiger partial charge < -0.3 is 40.9 Å². The standard InChI is InChI=1S/C36H74N2O7/c1-3-5-6-7-8-9-10-11-12-13-14-15-16-17-18-19-20-21-22-23-24-25-26-37-36(44)38-32(33(41)27-31(40)4-2)29-45-30-35(43)34(42)28-39/h31-35,39-43H,3-30H2,1-2H3,(H2,37,38,44). The molecule has 0 rings (SSSR count). The lowest BCUT2D eigenvalue weighted by molar-refractivity contribution is -0.0652. The number of ether oxygens (including phenoxy) is 1. The third-order valence-electron chi connectivity index (χ3n) is 8.80. The molecule has 0 spiro atoms. The highest BCUT2D eigenvalue weighted by Crippen LogP contribution is 2.15. The monoisotopic (exact) mass is 647 g/mol. The molecule has 0 radical (unpaired) electrons. The quantitative estimate of drug-likeness (QED) is 0.0394. The van der Waals surface area contributed by atoms with Crippen LogP contribution in [0.1, 0.15) is 168 Å². The molecule has 45 heavy (non-hydrogen) atoms. The van der Waals surface area contributed by atoms with E-state index in [2.05, 4.69) is 17.6 Å². The van der Waals surface area contributed by atoms with Gasteiger partial charge in [0, 0.05) is 13.0 Å². The SMILES string of the molecule is CCCCCCCCCCCCCCCCCCCCCCCCNC(=O)NC(COCC(O)C(O)CO)C(O)CC(O)CC. The number of amides is 2. The van der Waals surface area contributed by atoms with Gasteiger partial charge in [-0.2, -0.15) is 0 Å². The van der Waals surface area contributed by atoms with Gasteiger partial charge in [0.1, 0.15) is 12.2 Å². The van der Waals surface area contributed by atoms with Gasteiger partial charge in [-0.3, -0.25) is 0 Å². The maximum Gasteiger partial charge on any atom is 0.315 e. The minimum Gasteiger partial charge on any atom is -0.394 e. The summed E-state index contributed by atoms with van der Waals surface area (Å²) in [6.45, 7) is 3.65. The van der Waals surface area contributed by atoms with Crippen molar-refractivity contribution in [1.82, 2.24) is 10.6 Å². The van der Waals surface area contributed by atoms with E-state index < -0.39 is 43.1 Å². The van der Waals surface area contributed by atoms with E-state index in [9.17, 15) is 25.2 Å². The summed E-state index contributed by atoms with van der Waals surface area (Å²) in [7, 11) is 0.